The van der Waals surface area contributed by atoms with Crippen molar-refractivity contribution < 1.29 is 37.8 Å². The van der Waals surface area contributed by atoms with Crippen LogP contribution in [0.3, 0.4) is 0 Å². The minimum atomic E-state index is -3.47. The molecule has 3 amide bonds. The van der Waals surface area contributed by atoms with E-state index >= 15 is 0 Å². The second-order valence-electron chi connectivity index (χ2n) is 10.6. The van der Waals surface area contributed by atoms with Gasteiger partial charge < -0.3 is 9.84 Å². The lowest BCUT2D eigenvalue weighted by Gasteiger charge is -2.35. The minimum absolute atomic E-state index is 0.192. The SMILES string of the molecule is CCN(CP(=O)(CCCCc1ccccc1)OCOC(=O)C(C)(C)C)C(=O)[N+]1(C(=O)O)CCC[C@H]1C. The molecule has 1 fully saturated rings. The van der Waals surface area contributed by atoms with Crippen LogP contribution in [0.15, 0.2) is 30.3 Å². The first-order valence-corrected chi connectivity index (χ1v) is 14.7. The van der Waals surface area contributed by atoms with Crippen molar-refractivity contribution >= 4 is 25.5 Å². The summed E-state index contributed by atoms with van der Waals surface area (Å²) in [6.45, 7) is 8.54. The molecular formula is C26H42N2O7P+. The molecule has 0 radical (unpaired) electrons. The Morgan fingerprint density at radius 2 is 1.83 bits per heavy atom. The summed E-state index contributed by atoms with van der Waals surface area (Å²) in [6, 6.07) is 9.01. The third-order valence-corrected chi connectivity index (χ3v) is 9.10. The van der Waals surface area contributed by atoms with E-state index in [9.17, 15) is 24.1 Å². The average molecular weight is 526 g/mol. The van der Waals surface area contributed by atoms with Crippen LogP contribution >= 0.6 is 7.37 Å². The number of carbonyl (C=O) groups is 3. The summed E-state index contributed by atoms with van der Waals surface area (Å²) in [6.07, 6.45) is 2.21. The predicted octanol–water partition coefficient (Wildman–Crippen LogP) is 5.93. The van der Waals surface area contributed by atoms with Gasteiger partial charge in [-0.15, -0.1) is 4.48 Å². The van der Waals surface area contributed by atoms with Gasteiger partial charge >= 0.3 is 18.1 Å². The number of hydrogen-bond acceptors (Lipinski definition) is 6. The highest BCUT2D eigenvalue weighted by molar-refractivity contribution is 7.58. The van der Waals surface area contributed by atoms with Crippen molar-refractivity contribution in [3.63, 3.8) is 0 Å². The summed E-state index contributed by atoms with van der Waals surface area (Å²) >= 11 is 0. The molecule has 202 valence electrons. The van der Waals surface area contributed by atoms with Gasteiger partial charge in [-0.1, -0.05) is 30.3 Å². The average Bonchev–Trinajstić information content (AvgIpc) is 3.22. The van der Waals surface area contributed by atoms with Crippen LogP contribution in [0, 0.1) is 5.41 Å². The summed E-state index contributed by atoms with van der Waals surface area (Å²) in [4.78, 5) is 39.2. The summed E-state index contributed by atoms with van der Waals surface area (Å²) in [5, 5.41) is 9.97. The number of quaternary nitrogens is 1. The van der Waals surface area contributed by atoms with Gasteiger partial charge in [0.25, 0.3) is 0 Å². The smallest absolute Gasteiger partial charge is 0.438 e. The van der Waals surface area contributed by atoms with Crippen LogP contribution in [0.1, 0.15) is 65.9 Å². The van der Waals surface area contributed by atoms with Crippen molar-refractivity contribution in [2.24, 2.45) is 5.41 Å². The number of carbonyl (C=O) groups excluding carboxylic acids is 2. The molecule has 1 saturated heterocycles. The Labute approximate surface area is 214 Å². The standard InChI is InChI=1S/C26H41N2O7P/c1-6-27(24(30)28(25(31)32)17-12-13-21(28)2)19-36(33,35-20-34-23(29)26(3,4)5)18-11-10-16-22-14-8-7-9-15-22/h7-9,14-15,21H,6,10-13,16-20H2,1-5H3/p+1/t21-,28?,36?/m1/s1. The molecule has 2 rings (SSSR count). The molecule has 2 unspecified atom stereocenters. The van der Waals surface area contributed by atoms with Gasteiger partial charge in [-0.05, 0) is 59.4 Å². The van der Waals surface area contributed by atoms with Gasteiger partial charge in [0.05, 0.1) is 12.0 Å². The summed E-state index contributed by atoms with van der Waals surface area (Å²) in [5.41, 5.74) is 0.437. The van der Waals surface area contributed by atoms with Crippen molar-refractivity contribution in [3.05, 3.63) is 35.9 Å². The Kier molecular flexibility index (Phi) is 10.7. The molecule has 10 heteroatoms. The summed E-state index contributed by atoms with van der Waals surface area (Å²) in [5.74, 6) is -0.483. The summed E-state index contributed by atoms with van der Waals surface area (Å²) in [7, 11) is -3.47. The Bertz CT molecular complexity index is 947. The largest absolute Gasteiger partial charge is 0.523 e. The first kappa shape index (κ1) is 30.0. The molecule has 1 aliphatic heterocycles. The summed E-state index contributed by atoms with van der Waals surface area (Å²) < 4.78 is 24.1. The van der Waals surface area contributed by atoms with E-state index in [1.165, 1.54) is 10.5 Å². The van der Waals surface area contributed by atoms with Crippen LogP contribution in [0.5, 0.6) is 0 Å². The number of rotatable bonds is 11. The number of urea groups is 1. The van der Waals surface area contributed by atoms with Gasteiger partial charge in [-0.3, -0.25) is 18.8 Å². The van der Waals surface area contributed by atoms with Crippen LogP contribution in [-0.2, 0) is 25.0 Å². The van der Waals surface area contributed by atoms with Gasteiger partial charge in [0.1, 0.15) is 12.3 Å². The number of unbranched alkanes of at least 4 members (excludes halogenated alkanes) is 1. The van der Waals surface area contributed by atoms with E-state index in [0.717, 1.165) is 12.8 Å². The molecule has 1 aliphatic rings. The lowest BCUT2D eigenvalue weighted by atomic mass is 9.98. The number of carboxylic acid groups (broad SMARTS) is 1. The molecule has 0 aliphatic carbocycles. The first-order chi connectivity index (χ1) is 16.9. The second-order valence-corrected chi connectivity index (χ2v) is 13.2. The number of nitrogens with zero attached hydrogens (tertiary/aromatic N) is 2. The fraction of sp³-hybridized carbons (Fsp3) is 0.654. The molecule has 9 nitrogen and oxygen atoms in total. The Morgan fingerprint density at radius 3 is 2.36 bits per heavy atom. The predicted molar refractivity (Wildman–Crippen MR) is 138 cm³/mol. The van der Waals surface area contributed by atoms with Crippen LogP contribution in [-0.4, -0.2) is 71.0 Å². The zero-order valence-electron chi connectivity index (χ0n) is 22.3. The van der Waals surface area contributed by atoms with Crippen LogP contribution in [0.25, 0.3) is 0 Å². The van der Waals surface area contributed by atoms with Crippen molar-refractivity contribution in [1.82, 2.24) is 4.90 Å². The van der Waals surface area contributed by atoms with E-state index in [4.69, 9.17) is 9.26 Å². The number of ether oxygens (including phenoxy) is 1. The second kappa shape index (κ2) is 12.8. The molecular weight excluding hydrogens is 483 g/mol. The number of benzene rings is 1. The van der Waals surface area contributed by atoms with E-state index in [1.54, 1.807) is 34.6 Å². The molecule has 0 aromatic heterocycles. The van der Waals surface area contributed by atoms with Crippen molar-refractivity contribution in [3.8, 4) is 0 Å². The quantitative estimate of drug-likeness (QED) is 0.125. The number of imide groups is 1. The Morgan fingerprint density at radius 1 is 1.17 bits per heavy atom. The zero-order valence-corrected chi connectivity index (χ0v) is 23.2. The molecule has 1 aromatic rings. The maximum Gasteiger partial charge on any atom is 0.523 e. The number of likely N-dealkylation sites (tertiary alicyclic amines) is 1. The van der Waals surface area contributed by atoms with Gasteiger partial charge in [0.2, 0.25) is 7.37 Å². The molecule has 1 heterocycles. The van der Waals surface area contributed by atoms with Gasteiger partial charge in [0.15, 0.2) is 6.79 Å². The van der Waals surface area contributed by atoms with Crippen molar-refractivity contribution in [2.45, 2.75) is 72.8 Å². The Balaban J connectivity index is 2.14. The van der Waals surface area contributed by atoms with E-state index in [1.807, 2.05) is 30.3 Å². The third-order valence-electron chi connectivity index (χ3n) is 6.75. The molecule has 3 atom stereocenters. The monoisotopic (exact) mass is 525 g/mol. The topological polar surface area (TPSA) is 110 Å². The molecule has 0 bridgehead atoms. The van der Waals surface area contributed by atoms with Crippen molar-refractivity contribution in [1.29, 1.82) is 0 Å². The highest BCUT2D eigenvalue weighted by Gasteiger charge is 2.55. The van der Waals surface area contributed by atoms with Gasteiger partial charge in [0, 0.05) is 25.5 Å². The number of esters is 1. The lowest BCUT2D eigenvalue weighted by Crippen LogP contribution is -2.63. The maximum atomic E-state index is 13.9. The third kappa shape index (κ3) is 7.64. The lowest BCUT2D eigenvalue weighted by molar-refractivity contribution is -0.791. The fourth-order valence-corrected chi connectivity index (χ4v) is 6.57. The molecule has 0 spiro atoms. The van der Waals surface area contributed by atoms with E-state index in [-0.39, 0.29) is 31.6 Å². The Hall–Kier alpha value is -2.22. The van der Waals surface area contributed by atoms with Crippen LogP contribution in [0.4, 0.5) is 9.59 Å². The van der Waals surface area contributed by atoms with Gasteiger partial charge in [-0.2, -0.15) is 4.79 Å². The molecule has 1 N–H and O–H groups in total. The zero-order chi connectivity index (χ0) is 27.0. The van der Waals surface area contributed by atoms with E-state index < -0.39 is 42.2 Å². The minimum Gasteiger partial charge on any atom is -0.438 e. The van der Waals surface area contributed by atoms with Crippen LogP contribution < -0.4 is 0 Å². The highest BCUT2D eigenvalue weighted by Crippen LogP contribution is 2.49. The fourth-order valence-electron chi connectivity index (χ4n) is 4.43. The highest BCUT2D eigenvalue weighted by atomic mass is 31.2. The van der Waals surface area contributed by atoms with Crippen molar-refractivity contribution in [2.75, 3.05) is 32.3 Å². The van der Waals surface area contributed by atoms with Gasteiger partial charge in [-0.25, -0.2) is 4.79 Å². The maximum absolute atomic E-state index is 13.9. The van der Waals surface area contributed by atoms with Crippen LogP contribution in [0.2, 0.25) is 0 Å². The molecule has 36 heavy (non-hydrogen) atoms. The number of aryl methyl sites for hydroxylation is 1. The van der Waals surface area contributed by atoms with E-state index in [0.29, 0.717) is 19.3 Å². The van der Waals surface area contributed by atoms with E-state index in [2.05, 4.69) is 0 Å². The normalized spacial score (nSPS) is 21.5. The molecule has 0 saturated carbocycles. The number of hydrogen-bond donors (Lipinski definition) is 1. The first-order valence-electron chi connectivity index (χ1n) is 12.7. The molecule has 1 aromatic carbocycles. The number of amides is 3.